The number of nitrogens with zero attached hydrogens (tertiary/aromatic N) is 2. The van der Waals surface area contributed by atoms with Crippen LogP contribution in [0.15, 0.2) is 24.3 Å². The Hall–Kier alpha value is -2.58. The van der Waals surface area contributed by atoms with E-state index in [1.54, 1.807) is 4.90 Å². The van der Waals surface area contributed by atoms with Crippen LogP contribution in [0.4, 0.5) is 18.0 Å². The van der Waals surface area contributed by atoms with Crippen molar-refractivity contribution in [3.05, 3.63) is 35.4 Å². The van der Waals surface area contributed by atoms with E-state index in [1.165, 1.54) is 17.0 Å². The van der Waals surface area contributed by atoms with Crippen LogP contribution in [-0.2, 0) is 22.2 Å². The highest BCUT2D eigenvalue weighted by atomic mass is 19.4. The Balaban J connectivity index is 1.54. The molecule has 2 heterocycles. The Labute approximate surface area is 147 Å². The molecule has 0 bridgehead atoms. The summed E-state index contributed by atoms with van der Waals surface area (Å²) in [5, 5.41) is 2.48. The highest BCUT2D eigenvalue weighted by molar-refractivity contribution is 6.02. The first-order valence-electron chi connectivity index (χ1n) is 8.29. The topological polar surface area (TPSA) is 69.7 Å². The lowest BCUT2D eigenvalue weighted by atomic mass is 10.0. The molecule has 0 radical (unpaired) electrons. The van der Waals surface area contributed by atoms with Crippen molar-refractivity contribution in [3.8, 4) is 0 Å². The summed E-state index contributed by atoms with van der Waals surface area (Å²) in [6.07, 6.45) is -3.38. The third kappa shape index (κ3) is 3.81. The van der Waals surface area contributed by atoms with Gasteiger partial charge in [0.05, 0.1) is 18.5 Å². The Morgan fingerprint density at radius 3 is 2.23 bits per heavy atom. The van der Waals surface area contributed by atoms with Crippen molar-refractivity contribution in [1.82, 2.24) is 15.1 Å². The second kappa shape index (κ2) is 6.97. The molecule has 0 saturated carbocycles. The molecule has 0 aromatic heterocycles. The summed E-state index contributed by atoms with van der Waals surface area (Å²) in [6, 6.07) is 3.92. The summed E-state index contributed by atoms with van der Waals surface area (Å²) in [7, 11) is 0. The van der Waals surface area contributed by atoms with Gasteiger partial charge in [0.15, 0.2) is 0 Å². The van der Waals surface area contributed by atoms with E-state index < -0.39 is 17.8 Å². The van der Waals surface area contributed by atoms with E-state index in [9.17, 15) is 27.6 Å². The molecule has 2 saturated heterocycles. The number of halogens is 3. The number of benzene rings is 1. The van der Waals surface area contributed by atoms with Crippen LogP contribution in [0, 0.1) is 0 Å². The maximum atomic E-state index is 12.6. The van der Waals surface area contributed by atoms with Crippen molar-refractivity contribution in [3.63, 3.8) is 0 Å². The number of alkyl halides is 3. The fourth-order valence-corrected chi connectivity index (χ4v) is 3.28. The molecule has 4 amide bonds. The minimum atomic E-state index is -4.40. The Bertz CT molecular complexity index is 694. The Morgan fingerprint density at radius 2 is 1.73 bits per heavy atom. The Kier molecular flexibility index (Phi) is 4.88. The molecule has 0 atom stereocenters. The average molecular weight is 369 g/mol. The van der Waals surface area contributed by atoms with Gasteiger partial charge in [-0.05, 0) is 30.5 Å². The second-order valence-corrected chi connectivity index (χ2v) is 6.41. The third-order valence-corrected chi connectivity index (χ3v) is 4.70. The van der Waals surface area contributed by atoms with Gasteiger partial charge in [0.1, 0.15) is 0 Å². The number of likely N-dealkylation sites (tertiary alicyclic amines) is 1. The van der Waals surface area contributed by atoms with Crippen molar-refractivity contribution in [2.45, 2.75) is 31.5 Å². The molecule has 140 valence electrons. The first-order chi connectivity index (χ1) is 12.3. The molecule has 1 aromatic rings. The number of carbonyl (C=O) groups excluding carboxylic acids is 3. The van der Waals surface area contributed by atoms with Crippen LogP contribution in [0.1, 0.15) is 24.0 Å². The third-order valence-electron chi connectivity index (χ3n) is 4.70. The summed E-state index contributed by atoms with van der Waals surface area (Å²) in [4.78, 5) is 38.6. The lowest BCUT2D eigenvalue weighted by molar-refractivity contribution is -0.137. The molecular weight excluding hydrogens is 351 g/mol. The van der Waals surface area contributed by atoms with Crippen LogP contribution in [0.2, 0.25) is 0 Å². The zero-order chi connectivity index (χ0) is 18.9. The van der Waals surface area contributed by atoms with Gasteiger partial charge in [0.2, 0.25) is 11.8 Å². The predicted octanol–water partition coefficient (Wildman–Crippen LogP) is 1.79. The molecule has 2 aliphatic rings. The summed E-state index contributed by atoms with van der Waals surface area (Å²) in [5.41, 5.74) is -0.234. The number of piperidine rings is 1. The fourth-order valence-electron chi connectivity index (χ4n) is 3.28. The zero-order valence-corrected chi connectivity index (χ0v) is 13.9. The van der Waals surface area contributed by atoms with Gasteiger partial charge in [-0.2, -0.15) is 13.2 Å². The van der Waals surface area contributed by atoms with E-state index in [0.29, 0.717) is 31.5 Å². The number of urea groups is 1. The van der Waals surface area contributed by atoms with E-state index in [1.807, 2.05) is 0 Å². The SMILES string of the molecule is O=C(Cc1ccc(C(F)(F)F)cc1)N1CCC(N2C(=O)CNC2=O)CC1. The molecule has 0 aliphatic carbocycles. The number of amides is 4. The summed E-state index contributed by atoms with van der Waals surface area (Å²) in [5.74, 6) is -0.440. The van der Waals surface area contributed by atoms with Crippen molar-refractivity contribution in [1.29, 1.82) is 0 Å². The Morgan fingerprint density at radius 1 is 1.12 bits per heavy atom. The van der Waals surface area contributed by atoms with Gasteiger partial charge in [-0.3, -0.25) is 14.5 Å². The number of carbonyl (C=O) groups is 3. The quantitative estimate of drug-likeness (QED) is 0.826. The molecule has 2 aliphatic heterocycles. The van der Waals surface area contributed by atoms with E-state index in [0.717, 1.165) is 12.1 Å². The standard InChI is InChI=1S/C17H18F3N3O3/c18-17(19,20)12-3-1-11(2-4-12)9-14(24)22-7-5-13(6-8-22)23-15(25)10-21-16(23)26/h1-4,13H,5-10H2,(H,21,26). The minimum Gasteiger partial charge on any atom is -0.342 e. The lowest BCUT2D eigenvalue weighted by Crippen LogP contribution is -2.49. The molecule has 6 nitrogen and oxygen atoms in total. The van der Waals surface area contributed by atoms with Crippen molar-refractivity contribution in [2.24, 2.45) is 0 Å². The predicted molar refractivity (Wildman–Crippen MR) is 85.0 cm³/mol. The van der Waals surface area contributed by atoms with Crippen molar-refractivity contribution in [2.75, 3.05) is 19.6 Å². The van der Waals surface area contributed by atoms with Gasteiger partial charge in [0, 0.05) is 19.1 Å². The van der Waals surface area contributed by atoms with E-state index in [4.69, 9.17) is 0 Å². The van der Waals surface area contributed by atoms with E-state index >= 15 is 0 Å². The normalized spacial score (nSPS) is 19.0. The number of imide groups is 1. The van der Waals surface area contributed by atoms with Crippen molar-refractivity contribution >= 4 is 17.8 Å². The smallest absolute Gasteiger partial charge is 0.342 e. The van der Waals surface area contributed by atoms with Crippen LogP contribution in [0.5, 0.6) is 0 Å². The van der Waals surface area contributed by atoms with E-state index in [-0.39, 0.29) is 30.8 Å². The second-order valence-electron chi connectivity index (χ2n) is 6.41. The maximum Gasteiger partial charge on any atom is 0.416 e. The van der Waals surface area contributed by atoms with Gasteiger partial charge < -0.3 is 10.2 Å². The zero-order valence-electron chi connectivity index (χ0n) is 13.9. The number of nitrogens with one attached hydrogen (secondary N) is 1. The van der Waals surface area contributed by atoms with Gasteiger partial charge in [-0.25, -0.2) is 4.79 Å². The molecule has 0 unspecified atom stereocenters. The minimum absolute atomic E-state index is 0.00585. The summed E-state index contributed by atoms with van der Waals surface area (Å²) < 4.78 is 37.7. The largest absolute Gasteiger partial charge is 0.416 e. The van der Waals surface area contributed by atoms with Crippen LogP contribution >= 0.6 is 0 Å². The lowest BCUT2D eigenvalue weighted by Gasteiger charge is -2.35. The average Bonchev–Trinajstić information content (AvgIpc) is 2.93. The van der Waals surface area contributed by atoms with Crippen LogP contribution < -0.4 is 5.32 Å². The molecule has 0 spiro atoms. The molecule has 26 heavy (non-hydrogen) atoms. The molecule has 1 N–H and O–H groups in total. The van der Waals surface area contributed by atoms with Gasteiger partial charge in [-0.15, -0.1) is 0 Å². The van der Waals surface area contributed by atoms with Crippen molar-refractivity contribution < 1.29 is 27.6 Å². The number of hydrogen-bond acceptors (Lipinski definition) is 3. The maximum absolute atomic E-state index is 12.6. The monoisotopic (exact) mass is 369 g/mol. The molecule has 1 aromatic carbocycles. The van der Waals surface area contributed by atoms with Gasteiger partial charge in [-0.1, -0.05) is 12.1 Å². The first kappa shape index (κ1) is 18.2. The number of rotatable bonds is 3. The van der Waals surface area contributed by atoms with Crippen LogP contribution in [0.25, 0.3) is 0 Å². The van der Waals surface area contributed by atoms with E-state index in [2.05, 4.69) is 5.32 Å². The molecule has 3 rings (SSSR count). The molecule has 2 fully saturated rings. The summed E-state index contributed by atoms with van der Waals surface area (Å²) in [6.45, 7) is 0.814. The van der Waals surface area contributed by atoms with Gasteiger partial charge >= 0.3 is 12.2 Å². The highest BCUT2D eigenvalue weighted by Gasteiger charge is 2.37. The fraction of sp³-hybridized carbons (Fsp3) is 0.471. The van der Waals surface area contributed by atoms with Crippen LogP contribution in [-0.4, -0.2) is 53.3 Å². The number of hydrogen-bond donors (Lipinski definition) is 1. The molecule has 9 heteroatoms. The van der Waals surface area contributed by atoms with Crippen LogP contribution in [0.3, 0.4) is 0 Å². The summed E-state index contributed by atoms with van der Waals surface area (Å²) >= 11 is 0. The van der Waals surface area contributed by atoms with Gasteiger partial charge in [0.25, 0.3) is 0 Å². The highest BCUT2D eigenvalue weighted by Crippen LogP contribution is 2.29. The first-order valence-corrected chi connectivity index (χ1v) is 8.29. The molecular formula is C17H18F3N3O3.